The van der Waals surface area contributed by atoms with Gasteiger partial charge in [-0.05, 0) is 41.8 Å². The monoisotopic (exact) mass is 354 g/mol. The van der Waals surface area contributed by atoms with Crippen molar-refractivity contribution in [2.45, 2.75) is 13.3 Å². The lowest BCUT2D eigenvalue weighted by atomic mass is 9.98. The van der Waals surface area contributed by atoms with E-state index >= 15 is 0 Å². The minimum Gasteiger partial charge on any atom is -0.345 e. The number of ketones is 1. The zero-order valence-electron chi connectivity index (χ0n) is 14.9. The molecule has 4 rings (SSSR count). The summed E-state index contributed by atoms with van der Waals surface area (Å²) in [6.45, 7) is 5.47. The summed E-state index contributed by atoms with van der Waals surface area (Å²) in [6.07, 6.45) is 7.35. The normalized spacial score (nSPS) is 10.9. The van der Waals surface area contributed by atoms with Crippen molar-refractivity contribution in [2.75, 3.05) is 0 Å². The number of carbonyl (C=O) groups excluding carboxylic acids is 1. The lowest BCUT2D eigenvalue weighted by molar-refractivity contribution is -0.114. The molecule has 0 amide bonds. The van der Waals surface area contributed by atoms with Gasteiger partial charge in [0.1, 0.15) is 12.0 Å². The first kappa shape index (κ1) is 16.8. The highest BCUT2D eigenvalue weighted by Crippen LogP contribution is 2.34. The first-order valence-electron chi connectivity index (χ1n) is 8.64. The standard InChI is InChI=1S/C22H18N4O/c1-14(2)19(27)11-15-4-3-5-17(10-15)21-20-18(16-6-8-23-9-7-16)12-24-22(20)26-13-25-21/h3-10,12-13H,1,11H2,2H3,(H,24,25,26). The fourth-order valence-corrected chi connectivity index (χ4v) is 3.11. The molecule has 0 unspecified atom stereocenters. The maximum Gasteiger partial charge on any atom is 0.162 e. The quantitative estimate of drug-likeness (QED) is 0.540. The summed E-state index contributed by atoms with van der Waals surface area (Å²) in [5.41, 5.74) is 6.12. The van der Waals surface area contributed by atoms with E-state index in [9.17, 15) is 4.79 Å². The van der Waals surface area contributed by atoms with Crippen LogP contribution in [0.1, 0.15) is 12.5 Å². The molecule has 0 aliphatic heterocycles. The van der Waals surface area contributed by atoms with Gasteiger partial charge >= 0.3 is 0 Å². The van der Waals surface area contributed by atoms with Crippen LogP contribution in [0.5, 0.6) is 0 Å². The van der Waals surface area contributed by atoms with E-state index in [2.05, 4.69) is 26.5 Å². The number of nitrogens with zero attached hydrogens (tertiary/aromatic N) is 3. The Morgan fingerprint density at radius 2 is 1.93 bits per heavy atom. The largest absolute Gasteiger partial charge is 0.345 e. The number of pyridine rings is 1. The number of carbonyl (C=O) groups is 1. The van der Waals surface area contributed by atoms with Gasteiger partial charge in [0.25, 0.3) is 0 Å². The third-order valence-electron chi connectivity index (χ3n) is 4.50. The third-order valence-corrected chi connectivity index (χ3v) is 4.50. The number of aromatic nitrogens is 4. The summed E-state index contributed by atoms with van der Waals surface area (Å²) in [7, 11) is 0. The Morgan fingerprint density at radius 3 is 2.70 bits per heavy atom. The van der Waals surface area contributed by atoms with Crippen molar-refractivity contribution in [3.05, 3.63) is 79.0 Å². The number of hydrogen-bond donors (Lipinski definition) is 1. The fourth-order valence-electron chi connectivity index (χ4n) is 3.11. The van der Waals surface area contributed by atoms with Gasteiger partial charge in [-0.1, -0.05) is 24.8 Å². The molecule has 27 heavy (non-hydrogen) atoms. The van der Waals surface area contributed by atoms with Gasteiger partial charge in [0, 0.05) is 36.1 Å². The van der Waals surface area contributed by atoms with Crippen LogP contribution in [0.4, 0.5) is 0 Å². The number of benzene rings is 1. The molecule has 0 spiro atoms. The van der Waals surface area contributed by atoms with E-state index < -0.39 is 0 Å². The summed E-state index contributed by atoms with van der Waals surface area (Å²) in [6, 6.07) is 11.8. The number of fused-ring (bicyclic) bond motifs is 1. The molecule has 0 saturated carbocycles. The molecule has 4 aromatic rings. The summed E-state index contributed by atoms with van der Waals surface area (Å²) in [5, 5.41) is 0.951. The Morgan fingerprint density at radius 1 is 1.11 bits per heavy atom. The van der Waals surface area contributed by atoms with Gasteiger partial charge in [0.15, 0.2) is 5.78 Å². The Balaban J connectivity index is 1.84. The SMILES string of the molecule is C=C(C)C(=O)Cc1cccc(-c2ncnc3[nH]cc(-c4ccncc4)c23)c1. The lowest BCUT2D eigenvalue weighted by Crippen LogP contribution is -2.03. The van der Waals surface area contributed by atoms with Crippen molar-refractivity contribution in [3.63, 3.8) is 0 Å². The fraction of sp³-hybridized carbons (Fsp3) is 0.0909. The van der Waals surface area contributed by atoms with Gasteiger partial charge in [-0.15, -0.1) is 0 Å². The maximum absolute atomic E-state index is 12.0. The van der Waals surface area contributed by atoms with E-state index in [-0.39, 0.29) is 5.78 Å². The number of allylic oxidation sites excluding steroid dienone is 1. The molecule has 3 heterocycles. The molecular formula is C22H18N4O. The van der Waals surface area contributed by atoms with E-state index in [0.717, 1.165) is 39.0 Å². The molecule has 0 saturated heterocycles. The number of hydrogen-bond acceptors (Lipinski definition) is 4. The van der Waals surface area contributed by atoms with Crippen molar-refractivity contribution in [2.24, 2.45) is 0 Å². The van der Waals surface area contributed by atoms with Crippen molar-refractivity contribution >= 4 is 16.8 Å². The maximum atomic E-state index is 12.0. The first-order chi connectivity index (χ1) is 13.1. The van der Waals surface area contributed by atoms with Crippen LogP contribution in [-0.4, -0.2) is 25.7 Å². The number of aromatic amines is 1. The summed E-state index contributed by atoms with van der Waals surface area (Å²) in [4.78, 5) is 28.2. The number of rotatable bonds is 5. The molecule has 3 aromatic heterocycles. The molecule has 5 nitrogen and oxygen atoms in total. The molecular weight excluding hydrogens is 336 g/mol. The second kappa shape index (κ2) is 6.96. The summed E-state index contributed by atoms with van der Waals surface area (Å²) in [5.74, 6) is 0.0408. The van der Waals surface area contributed by atoms with Crippen LogP contribution in [0, 0.1) is 0 Å². The molecule has 132 valence electrons. The first-order valence-corrected chi connectivity index (χ1v) is 8.64. The van der Waals surface area contributed by atoms with Gasteiger partial charge in [0.05, 0.1) is 11.1 Å². The molecule has 5 heteroatoms. The lowest BCUT2D eigenvalue weighted by Gasteiger charge is -2.08. The van der Waals surface area contributed by atoms with Gasteiger partial charge in [-0.2, -0.15) is 0 Å². The summed E-state index contributed by atoms with van der Waals surface area (Å²) < 4.78 is 0. The molecule has 0 atom stereocenters. The topological polar surface area (TPSA) is 71.5 Å². The highest BCUT2D eigenvalue weighted by atomic mass is 16.1. The van der Waals surface area contributed by atoms with Crippen molar-refractivity contribution < 1.29 is 4.79 Å². The molecule has 0 aliphatic carbocycles. The molecule has 1 N–H and O–H groups in total. The molecule has 1 aromatic carbocycles. The second-order valence-corrected chi connectivity index (χ2v) is 6.46. The van der Waals surface area contributed by atoms with Gasteiger partial charge in [-0.3, -0.25) is 9.78 Å². The van der Waals surface area contributed by atoms with Gasteiger partial charge in [-0.25, -0.2) is 9.97 Å². The van der Waals surface area contributed by atoms with Crippen molar-refractivity contribution in [3.8, 4) is 22.4 Å². The number of Topliss-reactive ketones (excluding diaryl/α,β-unsaturated/α-hetero) is 1. The van der Waals surface area contributed by atoms with Crippen LogP contribution in [0.25, 0.3) is 33.4 Å². The van der Waals surface area contributed by atoms with E-state index in [1.54, 1.807) is 25.6 Å². The van der Waals surface area contributed by atoms with Crippen LogP contribution in [0.15, 0.2) is 73.5 Å². The zero-order chi connectivity index (χ0) is 18.8. The van der Waals surface area contributed by atoms with Crippen molar-refractivity contribution in [1.29, 1.82) is 0 Å². The molecule has 0 radical (unpaired) electrons. The van der Waals surface area contributed by atoms with Crippen LogP contribution in [-0.2, 0) is 11.2 Å². The highest BCUT2D eigenvalue weighted by molar-refractivity contribution is 6.02. The van der Waals surface area contributed by atoms with E-state index in [0.29, 0.717) is 12.0 Å². The minimum absolute atomic E-state index is 0.0408. The van der Waals surface area contributed by atoms with Crippen LogP contribution in [0.3, 0.4) is 0 Å². The Labute approximate surface area is 156 Å². The van der Waals surface area contributed by atoms with E-state index in [4.69, 9.17) is 0 Å². The zero-order valence-corrected chi connectivity index (χ0v) is 14.9. The highest BCUT2D eigenvalue weighted by Gasteiger charge is 2.15. The Bertz CT molecular complexity index is 1150. The van der Waals surface area contributed by atoms with Crippen LogP contribution in [0.2, 0.25) is 0 Å². The minimum atomic E-state index is 0.0408. The van der Waals surface area contributed by atoms with E-state index in [1.807, 2.05) is 42.6 Å². The predicted octanol–water partition coefficient (Wildman–Crippen LogP) is 4.37. The van der Waals surface area contributed by atoms with Gasteiger partial charge < -0.3 is 4.98 Å². The Hall–Kier alpha value is -3.60. The average Bonchev–Trinajstić information content (AvgIpc) is 3.13. The summed E-state index contributed by atoms with van der Waals surface area (Å²) >= 11 is 0. The van der Waals surface area contributed by atoms with Crippen LogP contribution < -0.4 is 0 Å². The van der Waals surface area contributed by atoms with Gasteiger partial charge in [0.2, 0.25) is 0 Å². The smallest absolute Gasteiger partial charge is 0.162 e. The van der Waals surface area contributed by atoms with E-state index in [1.165, 1.54) is 0 Å². The van der Waals surface area contributed by atoms with Crippen molar-refractivity contribution in [1.82, 2.24) is 19.9 Å². The number of nitrogens with one attached hydrogen (secondary N) is 1. The second-order valence-electron chi connectivity index (χ2n) is 6.46. The third kappa shape index (κ3) is 3.27. The van der Waals surface area contributed by atoms with Crippen LogP contribution >= 0.6 is 0 Å². The average molecular weight is 354 g/mol. The number of H-pyrrole nitrogens is 1. The molecule has 0 aliphatic rings. The Kier molecular flexibility index (Phi) is 4.34. The predicted molar refractivity (Wildman–Crippen MR) is 106 cm³/mol. The molecule has 0 bridgehead atoms. The molecule has 0 fully saturated rings.